The van der Waals surface area contributed by atoms with Crippen molar-refractivity contribution in [3.8, 4) is 0 Å². The van der Waals surface area contributed by atoms with Crippen molar-refractivity contribution in [1.82, 2.24) is 9.78 Å². The van der Waals surface area contributed by atoms with Crippen LogP contribution < -0.4 is 0 Å². The number of aliphatic hydroxyl groups excluding tert-OH is 3. The smallest absolute Gasteiger partial charge is 0.394 e. The van der Waals surface area contributed by atoms with Gasteiger partial charge in [-0.1, -0.05) is 0 Å². The van der Waals surface area contributed by atoms with Crippen molar-refractivity contribution in [3.63, 3.8) is 0 Å². The molecule has 0 bridgehead atoms. The lowest BCUT2D eigenvalue weighted by Gasteiger charge is -2.31. The molecule has 21 heavy (non-hydrogen) atoms. The van der Waals surface area contributed by atoms with Gasteiger partial charge in [0.25, 0.3) is 0 Å². The Kier molecular flexibility index (Phi) is 4.87. The Morgan fingerprint density at radius 3 is 2.67 bits per heavy atom. The first-order valence-corrected chi connectivity index (χ1v) is 6.53. The fourth-order valence-corrected chi connectivity index (χ4v) is 2.32. The molecule has 120 valence electrons. The van der Waals surface area contributed by atoms with Crippen LogP contribution in [0.15, 0.2) is 12.4 Å². The Morgan fingerprint density at radius 2 is 2.10 bits per heavy atom. The van der Waals surface area contributed by atoms with E-state index in [4.69, 9.17) is 9.84 Å². The fraction of sp³-hybridized carbons (Fsp3) is 0.750. The lowest BCUT2D eigenvalue weighted by molar-refractivity contribution is -0.137. The Balaban J connectivity index is 2.12. The third-order valence-electron chi connectivity index (χ3n) is 3.55. The summed E-state index contributed by atoms with van der Waals surface area (Å²) >= 11 is 0. The average molecular weight is 310 g/mol. The Bertz CT molecular complexity index is 466. The third kappa shape index (κ3) is 3.73. The molecule has 1 fully saturated rings. The second-order valence-corrected chi connectivity index (χ2v) is 5.03. The summed E-state index contributed by atoms with van der Waals surface area (Å²) < 4.78 is 44.0. The second-order valence-electron chi connectivity index (χ2n) is 5.03. The quantitative estimate of drug-likeness (QED) is 0.733. The maximum Gasteiger partial charge on any atom is 0.419 e. The zero-order chi connectivity index (χ0) is 15.6. The monoisotopic (exact) mass is 310 g/mol. The summed E-state index contributed by atoms with van der Waals surface area (Å²) in [5.41, 5.74) is -0.867. The molecule has 1 aliphatic heterocycles. The summed E-state index contributed by atoms with van der Waals surface area (Å²) in [5.74, 6) is 0. The van der Waals surface area contributed by atoms with Gasteiger partial charge in [0.05, 0.1) is 30.5 Å². The Morgan fingerprint density at radius 1 is 1.38 bits per heavy atom. The van der Waals surface area contributed by atoms with Gasteiger partial charge in [-0.3, -0.25) is 4.68 Å². The first-order chi connectivity index (χ1) is 9.82. The van der Waals surface area contributed by atoms with Gasteiger partial charge < -0.3 is 20.1 Å². The van der Waals surface area contributed by atoms with Gasteiger partial charge in [0, 0.05) is 12.8 Å². The highest BCUT2D eigenvalue weighted by molar-refractivity contribution is 5.09. The van der Waals surface area contributed by atoms with E-state index >= 15 is 0 Å². The van der Waals surface area contributed by atoms with Crippen LogP contribution in [0.3, 0.4) is 0 Å². The van der Waals surface area contributed by atoms with Gasteiger partial charge >= 0.3 is 6.18 Å². The van der Waals surface area contributed by atoms with E-state index in [1.807, 2.05) is 0 Å². The first kappa shape index (κ1) is 16.2. The van der Waals surface area contributed by atoms with E-state index < -0.39 is 42.7 Å². The lowest BCUT2D eigenvalue weighted by Crippen LogP contribution is -2.44. The van der Waals surface area contributed by atoms with Crippen molar-refractivity contribution in [3.05, 3.63) is 18.0 Å². The highest BCUT2D eigenvalue weighted by Gasteiger charge is 2.35. The molecule has 1 unspecified atom stereocenters. The van der Waals surface area contributed by atoms with Crippen LogP contribution in [-0.4, -0.2) is 56.6 Å². The standard InChI is InChI=1S/C12H17F3N2O4/c13-12(14,15)7-4-16-17(5-7)8-1-2-21-10(6-18)11(20)9(19)3-8/h4-5,8-11,18-20H,1-3,6H2/t8?,9-,10-,11-/m1/s1. The second kappa shape index (κ2) is 6.30. The van der Waals surface area contributed by atoms with Crippen LogP contribution in [-0.2, 0) is 10.9 Å². The summed E-state index contributed by atoms with van der Waals surface area (Å²) in [6.07, 6.45) is -5.95. The SMILES string of the molecule is OC[C@H]1OCCC(n2cc(C(F)(F)F)cn2)C[C@@H](O)[C@H]1O. The molecule has 4 atom stereocenters. The zero-order valence-electron chi connectivity index (χ0n) is 11.1. The number of nitrogens with zero attached hydrogens (tertiary/aromatic N) is 2. The molecular formula is C12H17F3N2O4. The largest absolute Gasteiger partial charge is 0.419 e. The number of aliphatic hydroxyl groups is 3. The van der Waals surface area contributed by atoms with E-state index in [1.54, 1.807) is 0 Å². The molecule has 0 amide bonds. The highest BCUT2D eigenvalue weighted by atomic mass is 19.4. The molecule has 6 nitrogen and oxygen atoms in total. The Hall–Kier alpha value is -1.16. The van der Waals surface area contributed by atoms with Crippen LogP contribution in [0.2, 0.25) is 0 Å². The maximum atomic E-state index is 12.6. The molecular weight excluding hydrogens is 293 g/mol. The van der Waals surface area contributed by atoms with Crippen molar-refractivity contribution < 1.29 is 33.2 Å². The minimum absolute atomic E-state index is 0.0278. The minimum atomic E-state index is -4.48. The van der Waals surface area contributed by atoms with Gasteiger partial charge in [-0.25, -0.2) is 0 Å². The van der Waals surface area contributed by atoms with E-state index in [1.165, 1.54) is 0 Å². The first-order valence-electron chi connectivity index (χ1n) is 6.53. The predicted molar refractivity (Wildman–Crippen MR) is 64.3 cm³/mol. The van der Waals surface area contributed by atoms with Crippen LogP contribution in [0.1, 0.15) is 24.4 Å². The third-order valence-corrected chi connectivity index (χ3v) is 3.55. The predicted octanol–water partition coefficient (Wildman–Crippen LogP) is 0.336. The van der Waals surface area contributed by atoms with E-state index in [0.29, 0.717) is 6.42 Å². The van der Waals surface area contributed by atoms with Gasteiger partial charge in [-0.05, 0) is 12.8 Å². The van der Waals surface area contributed by atoms with Crippen LogP contribution >= 0.6 is 0 Å². The van der Waals surface area contributed by atoms with E-state index in [-0.39, 0.29) is 13.0 Å². The van der Waals surface area contributed by atoms with Crippen LogP contribution in [0.25, 0.3) is 0 Å². The summed E-state index contributed by atoms with van der Waals surface area (Å²) in [6, 6.07) is -0.523. The topological polar surface area (TPSA) is 87.7 Å². The average Bonchev–Trinajstić information content (AvgIpc) is 2.89. The molecule has 1 aromatic heterocycles. The number of hydrogen-bond donors (Lipinski definition) is 3. The molecule has 9 heteroatoms. The molecule has 0 aliphatic carbocycles. The summed E-state index contributed by atoms with van der Waals surface area (Å²) in [4.78, 5) is 0. The van der Waals surface area contributed by atoms with Crippen LogP contribution in [0, 0.1) is 0 Å². The number of ether oxygens (including phenoxy) is 1. The summed E-state index contributed by atoms with van der Waals surface area (Å²) in [7, 11) is 0. The van der Waals surface area contributed by atoms with Gasteiger partial charge in [0.1, 0.15) is 12.2 Å². The molecule has 1 saturated heterocycles. The van der Waals surface area contributed by atoms with Crippen LogP contribution in [0.4, 0.5) is 13.2 Å². The summed E-state index contributed by atoms with van der Waals surface area (Å²) in [5, 5.41) is 32.4. The molecule has 3 N–H and O–H groups in total. The molecule has 0 spiro atoms. The maximum absolute atomic E-state index is 12.6. The number of hydrogen-bond acceptors (Lipinski definition) is 5. The molecule has 1 aliphatic rings. The van der Waals surface area contributed by atoms with E-state index in [2.05, 4.69) is 5.10 Å². The Labute approximate surface area is 118 Å². The van der Waals surface area contributed by atoms with Crippen molar-refractivity contribution in [2.24, 2.45) is 0 Å². The molecule has 0 aromatic carbocycles. The van der Waals surface area contributed by atoms with Gasteiger partial charge in [-0.15, -0.1) is 0 Å². The molecule has 2 heterocycles. The lowest BCUT2D eigenvalue weighted by atomic mass is 9.97. The zero-order valence-corrected chi connectivity index (χ0v) is 11.1. The molecule has 0 saturated carbocycles. The van der Waals surface area contributed by atoms with Crippen molar-refractivity contribution in [2.75, 3.05) is 13.2 Å². The molecule has 2 rings (SSSR count). The normalized spacial score (nSPS) is 31.7. The van der Waals surface area contributed by atoms with E-state index in [0.717, 1.165) is 17.1 Å². The van der Waals surface area contributed by atoms with Crippen molar-refractivity contribution >= 4 is 0 Å². The fourth-order valence-electron chi connectivity index (χ4n) is 2.32. The number of halogens is 3. The van der Waals surface area contributed by atoms with Crippen LogP contribution in [0.5, 0.6) is 0 Å². The van der Waals surface area contributed by atoms with Crippen molar-refractivity contribution in [1.29, 1.82) is 0 Å². The number of aromatic nitrogens is 2. The van der Waals surface area contributed by atoms with Gasteiger partial charge in [0.15, 0.2) is 0 Å². The highest BCUT2D eigenvalue weighted by Crippen LogP contribution is 2.31. The number of rotatable bonds is 2. The number of alkyl halides is 3. The minimum Gasteiger partial charge on any atom is -0.394 e. The van der Waals surface area contributed by atoms with Gasteiger partial charge in [-0.2, -0.15) is 18.3 Å². The molecule has 1 aromatic rings. The van der Waals surface area contributed by atoms with E-state index in [9.17, 15) is 23.4 Å². The molecule has 0 radical (unpaired) electrons. The van der Waals surface area contributed by atoms with Gasteiger partial charge in [0.2, 0.25) is 0 Å². The van der Waals surface area contributed by atoms with Crippen molar-refractivity contribution in [2.45, 2.75) is 43.4 Å². The summed E-state index contributed by atoms with van der Waals surface area (Å²) in [6.45, 7) is -0.302.